The number of hydrogen-bond donors (Lipinski definition) is 1. The lowest BCUT2D eigenvalue weighted by molar-refractivity contribution is 0.0939. The molecule has 0 radical (unpaired) electrons. The first-order valence-corrected chi connectivity index (χ1v) is 6.40. The van der Waals surface area contributed by atoms with E-state index in [4.69, 9.17) is 0 Å². The minimum absolute atomic E-state index is 0.0275. The molecule has 1 aliphatic carbocycles. The molecule has 1 saturated carbocycles. The Morgan fingerprint density at radius 1 is 1.47 bits per heavy atom. The van der Waals surface area contributed by atoms with Crippen molar-refractivity contribution >= 4 is 5.78 Å². The van der Waals surface area contributed by atoms with Crippen molar-refractivity contribution in [1.29, 1.82) is 0 Å². The van der Waals surface area contributed by atoms with Gasteiger partial charge < -0.3 is 5.32 Å². The third-order valence-corrected chi connectivity index (χ3v) is 4.15. The van der Waals surface area contributed by atoms with E-state index < -0.39 is 0 Å². The van der Waals surface area contributed by atoms with Crippen LogP contribution in [0.5, 0.6) is 0 Å². The summed E-state index contributed by atoms with van der Waals surface area (Å²) in [4.78, 5) is 12.3. The van der Waals surface area contributed by atoms with Gasteiger partial charge in [-0.3, -0.25) is 4.79 Å². The van der Waals surface area contributed by atoms with E-state index in [2.05, 4.69) is 15.6 Å². The van der Waals surface area contributed by atoms with Crippen molar-refractivity contribution in [2.24, 2.45) is 13.0 Å². The molecule has 5 nitrogen and oxygen atoms in total. The van der Waals surface area contributed by atoms with E-state index in [1.54, 1.807) is 17.9 Å². The van der Waals surface area contributed by atoms with Crippen LogP contribution in [-0.4, -0.2) is 32.9 Å². The number of carbonyl (C=O) groups is 1. The minimum Gasteiger partial charge on any atom is -0.304 e. The number of rotatable bonds is 2. The maximum atomic E-state index is 12.3. The van der Waals surface area contributed by atoms with Gasteiger partial charge in [-0.2, -0.15) is 0 Å². The highest BCUT2D eigenvalue weighted by Crippen LogP contribution is 2.33. The molecule has 0 bridgehead atoms. The van der Waals surface area contributed by atoms with E-state index in [0.29, 0.717) is 17.7 Å². The molecule has 92 valence electrons. The molecule has 3 rings (SSSR count). The molecular formula is C12H18N4O. The average Bonchev–Trinajstić information content (AvgIpc) is 2.93. The second kappa shape index (κ2) is 4.22. The number of fused-ring (bicyclic) bond motifs is 1. The molecule has 1 aromatic heterocycles. The van der Waals surface area contributed by atoms with E-state index in [1.165, 1.54) is 25.7 Å². The lowest BCUT2D eigenvalue weighted by atomic mass is 9.85. The van der Waals surface area contributed by atoms with Crippen molar-refractivity contribution in [3.63, 3.8) is 0 Å². The topological polar surface area (TPSA) is 59.8 Å². The predicted molar refractivity (Wildman–Crippen MR) is 62.6 cm³/mol. The summed E-state index contributed by atoms with van der Waals surface area (Å²) in [5.74, 6) is 0.839. The van der Waals surface area contributed by atoms with Gasteiger partial charge >= 0.3 is 0 Å². The monoisotopic (exact) mass is 234 g/mol. The first kappa shape index (κ1) is 10.9. The number of nitrogens with one attached hydrogen (secondary N) is 1. The summed E-state index contributed by atoms with van der Waals surface area (Å²) in [6.07, 6.45) is 7.64. The first-order valence-electron chi connectivity index (χ1n) is 6.40. The SMILES string of the molecule is Cn1nncc1C(=O)C1CC2CCCCC2N1. The van der Waals surface area contributed by atoms with Gasteiger partial charge in [-0.15, -0.1) is 5.10 Å². The van der Waals surface area contributed by atoms with Gasteiger partial charge in [-0.25, -0.2) is 4.68 Å². The summed E-state index contributed by atoms with van der Waals surface area (Å²) in [7, 11) is 1.77. The Morgan fingerprint density at radius 3 is 3.00 bits per heavy atom. The zero-order valence-corrected chi connectivity index (χ0v) is 10.1. The van der Waals surface area contributed by atoms with Crippen molar-refractivity contribution in [3.8, 4) is 0 Å². The van der Waals surface area contributed by atoms with Gasteiger partial charge in [0.05, 0.1) is 12.2 Å². The highest BCUT2D eigenvalue weighted by molar-refractivity contribution is 5.98. The number of ketones is 1. The van der Waals surface area contributed by atoms with Gasteiger partial charge in [0.1, 0.15) is 5.69 Å². The van der Waals surface area contributed by atoms with Crippen LogP contribution in [0.4, 0.5) is 0 Å². The van der Waals surface area contributed by atoms with Gasteiger partial charge in [-0.05, 0) is 25.2 Å². The van der Waals surface area contributed by atoms with Crippen molar-refractivity contribution in [3.05, 3.63) is 11.9 Å². The summed E-state index contributed by atoms with van der Waals surface area (Å²) in [5, 5.41) is 11.1. The Hall–Kier alpha value is -1.23. The highest BCUT2D eigenvalue weighted by atomic mass is 16.1. The molecule has 0 amide bonds. The average molecular weight is 234 g/mol. The Labute approximate surface area is 101 Å². The largest absolute Gasteiger partial charge is 0.304 e. The lowest BCUT2D eigenvalue weighted by Crippen LogP contribution is -2.37. The van der Waals surface area contributed by atoms with E-state index in [1.807, 2.05) is 0 Å². The summed E-state index contributed by atoms with van der Waals surface area (Å²) in [6.45, 7) is 0. The molecule has 2 heterocycles. The number of hydrogen-bond acceptors (Lipinski definition) is 4. The standard InChI is InChI=1S/C12H18N4O/c1-16-11(7-13-15-16)12(17)10-6-8-4-2-3-5-9(8)14-10/h7-10,14H,2-6H2,1H3. The van der Waals surface area contributed by atoms with E-state index in [0.717, 1.165) is 6.42 Å². The molecule has 3 unspecified atom stereocenters. The second-order valence-electron chi connectivity index (χ2n) is 5.21. The Bertz CT molecular complexity index is 414. The fourth-order valence-corrected chi connectivity index (χ4v) is 3.21. The molecule has 1 saturated heterocycles. The minimum atomic E-state index is -0.0275. The summed E-state index contributed by atoms with van der Waals surface area (Å²) in [5.41, 5.74) is 0.612. The third kappa shape index (κ3) is 1.88. The first-order chi connectivity index (χ1) is 8.25. The summed E-state index contributed by atoms with van der Waals surface area (Å²) >= 11 is 0. The maximum absolute atomic E-state index is 12.3. The number of aromatic nitrogens is 3. The maximum Gasteiger partial charge on any atom is 0.199 e. The number of aryl methyl sites for hydroxylation is 1. The number of Topliss-reactive ketones (excluding diaryl/α,β-unsaturated/α-hetero) is 1. The fraction of sp³-hybridized carbons (Fsp3) is 0.750. The van der Waals surface area contributed by atoms with E-state index >= 15 is 0 Å². The zero-order chi connectivity index (χ0) is 11.8. The molecule has 3 atom stereocenters. The predicted octanol–water partition coefficient (Wildman–Crippen LogP) is 0.918. The molecule has 1 aliphatic heterocycles. The molecule has 1 aromatic rings. The van der Waals surface area contributed by atoms with Crippen LogP contribution in [0.1, 0.15) is 42.6 Å². The van der Waals surface area contributed by atoms with Crippen LogP contribution in [-0.2, 0) is 7.05 Å². The Kier molecular flexibility index (Phi) is 2.70. The quantitative estimate of drug-likeness (QED) is 0.773. The molecule has 17 heavy (non-hydrogen) atoms. The fourth-order valence-electron chi connectivity index (χ4n) is 3.21. The van der Waals surface area contributed by atoms with Crippen LogP contribution < -0.4 is 5.32 Å². The second-order valence-corrected chi connectivity index (χ2v) is 5.21. The summed E-state index contributed by atoms with van der Waals surface area (Å²) < 4.78 is 1.56. The Balaban J connectivity index is 1.74. The van der Waals surface area contributed by atoms with Crippen molar-refractivity contribution in [2.75, 3.05) is 0 Å². The molecule has 0 spiro atoms. The van der Waals surface area contributed by atoms with Gasteiger partial charge in [0.15, 0.2) is 5.78 Å². The number of carbonyl (C=O) groups excluding carboxylic acids is 1. The zero-order valence-electron chi connectivity index (χ0n) is 10.1. The number of nitrogens with zero attached hydrogens (tertiary/aromatic N) is 3. The van der Waals surface area contributed by atoms with Gasteiger partial charge in [0.2, 0.25) is 0 Å². The van der Waals surface area contributed by atoms with Gasteiger partial charge in [-0.1, -0.05) is 18.1 Å². The van der Waals surface area contributed by atoms with Crippen LogP contribution >= 0.6 is 0 Å². The third-order valence-electron chi connectivity index (χ3n) is 4.15. The van der Waals surface area contributed by atoms with Crippen molar-refractivity contribution < 1.29 is 4.79 Å². The van der Waals surface area contributed by atoms with Gasteiger partial charge in [0, 0.05) is 13.1 Å². The Morgan fingerprint density at radius 2 is 2.29 bits per heavy atom. The smallest absolute Gasteiger partial charge is 0.199 e. The van der Waals surface area contributed by atoms with Crippen LogP contribution in [0.3, 0.4) is 0 Å². The summed E-state index contributed by atoms with van der Waals surface area (Å²) in [6, 6.07) is 0.527. The molecule has 2 fully saturated rings. The molecule has 2 aliphatic rings. The molecule has 1 N–H and O–H groups in total. The highest BCUT2D eigenvalue weighted by Gasteiger charge is 2.39. The molecule has 0 aromatic carbocycles. The van der Waals surface area contributed by atoms with Crippen LogP contribution in [0.25, 0.3) is 0 Å². The molecule has 5 heteroatoms. The van der Waals surface area contributed by atoms with Gasteiger partial charge in [0.25, 0.3) is 0 Å². The van der Waals surface area contributed by atoms with Crippen LogP contribution in [0, 0.1) is 5.92 Å². The van der Waals surface area contributed by atoms with Crippen molar-refractivity contribution in [1.82, 2.24) is 20.3 Å². The van der Waals surface area contributed by atoms with Crippen LogP contribution in [0.2, 0.25) is 0 Å². The van der Waals surface area contributed by atoms with Crippen molar-refractivity contribution in [2.45, 2.75) is 44.2 Å². The lowest BCUT2D eigenvalue weighted by Gasteiger charge is -2.24. The van der Waals surface area contributed by atoms with E-state index in [9.17, 15) is 4.79 Å². The normalized spacial score (nSPS) is 32.4. The molecular weight excluding hydrogens is 216 g/mol. The van der Waals surface area contributed by atoms with Crippen LogP contribution in [0.15, 0.2) is 6.20 Å². The van der Waals surface area contributed by atoms with E-state index in [-0.39, 0.29) is 11.8 Å².